The first-order valence-electron chi connectivity index (χ1n) is 8.04. The number of hydrogen-bond donors (Lipinski definition) is 1. The van der Waals surface area contributed by atoms with Gasteiger partial charge >= 0.3 is 0 Å². The molecule has 0 saturated heterocycles. The van der Waals surface area contributed by atoms with Gasteiger partial charge in [-0.15, -0.1) is 0 Å². The molecule has 1 nitrogen and oxygen atoms in total. The van der Waals surface area contributed by atoms with Gasteiger partial charge in [0, 0.05) is 12.6 Å². The van der Waals surface area contributed by atoms with Crippen molar-refractivity contribution in [2.75, 3.05) is 6.54 Å². The van der Waals surface area contributed by atoms with Crippen LogP contribution in [0.3, 0.4) is 0 Å². The van der Waals surface area contributed by atoms with E-state index in [0.717, 1.165) is 12.5 Å². The van der Waals surface area contributed by atoms with Gasteiger partial charge in [-0.3, -0.25) is 0 Å². The maximum atomic E-state index is 3.68. The number of benzene rings is 1. The van der Waals surface area contributed by atoms with Crippen LogP contribution in [0, 0.1) is 17.3 Å². The predicted molar refractivity (Wildman–Crippen MR) is 90.0 cm³/mol. The molecule has 0 aliphatic rings. The molecule has 0 aliphatic heterocycles. The fraction of sp³-hybridized carbons (Fsp3) is 0.684. The Morgan fingerprint density at radius 3 is 1.95 bits per heavy atom. The number of hydrogen-bond acceptors (Lipinski definition) is 1. The zero-order chi connectivity index (χ0) is 15.3. The quantitative estimate of drug-likeness (QED) is 0.719. The van der Waals surface area contributed by atoms with Crippen LogP contribution in [0.25, 0.3) is 0 Å². The van der Waals surface area contributed by atoms with E-state index < -0.39 is 0 Å². The molecule has 1 rings (SSSR count). The standard InChI is InChI=1S/C19H33N/c1-14(2)12-17-8-10-18(11-9-17)16(5)20-13-19(6,7)15(3)4/h8-11,14-16,20H,12-13H2,1-7H3. The highest BCUT2D eigenvalue weighted by atomic mass is 14.9. The Morgan fingerprint density at radius 2 is 1.50 bits per heavy atom. The Kier molecular flexibility index (Phi) is 6.26. The van der Waals surface area contributed by atoms with E-state index in [9.17, 15) is 0 Å². The van der Waals surface area contributed by atoms with Gasteiger partial charge in [-0.25, -0.2) is 0 Å². The lowest BCUT2D eigenvalue weighted by Crippen LogP contribution is -2.34. The van der Waals surface area contributed by atoms with E-state index in [-0.39, 0.29) is 0 Å². The lowest BCUT2D eigenvalue weighted by molar-refractivity contribution is 0.230. The normalized spacial score (nSPS) is 14.1. The maximum absolute atomic E-state index is 3.68. The second kappa shape index (κ2) is 7.26. The molecule has 20 heavy (non-hydrogen) atoms. The first-order valence-corrected chi connectivity index (χ1v) is 8.04. The van der Waals surface area contributed by atoms with E-state index in [0.29, 0.717) is 17.4 Å². The van der Waals surface area contributed by atoms with Gasteiger partial charge in [0.15, 0.2) is 0 Å². The summed E-state index contributed by atoms with van der Waals surface area (Å²) in [6.45, 7) is 17.1. The van der Waals surface area contributed by atoms with Crippen LogP contribution in [-0.2, 0) is 6.42 Å². The lowest BCUT2D eigenvalue weighted by atomic mass is 9.81. The molecular weight excluding hydrogens is 242 g/mol. The van der Waals surface area contributed by atoms with E-state index in [1.165, 1.54) is 17.5 Å². The first kappa shape index (κ1) is 17.2. The van der Waals surface area contributed by atoms with Gasteiger partial charge in [-0.1, -0.05) is 65.8 Å². The molecule has 1 aromatic rings. The molecule has 0 aliphatic carbocycles. The topological polar surface area (TPSA) is 12.0 Å². The molecular formula is C19H33N. The Morgan fingerprint density at radius 1 is 0.950 bits per heavy atom. The van der Waals surface area contributed by atoms with Crippen LogP contribution in [0.5, 0.6) is 0 Å². The SMILES string of the molecule is CC(C)Cc1ccc(C(C)NCC(C)(C)C(C)C)cc1. The first-order chi connectivity index (χ1) is 9.22. The van der Waals surface area contributed by atoms with Gasteiger partial charge < -0.3 is 5.32 Å². The summed E-state index contributed by atoms with van der Waals surface area (Å²) in [4.78, 5) is 0. The van der Waals surface area contributed by atoms with E-state index >= 15 is 0 Å². The van der Waals surface area contributed by atoms with Crippen molar-refractivity contribution in [2.45, 2.75) is 60.9 Å². The highest BCUT2D eigenvalue weighted by Gasteiger charge is 2.22. The van der Waals surface area contributed by atoms with Crippen LogP contribution in [0.2, 0.25) is 0 Å². The van der Waals surface area contributed by atoms with Crippen molar-refractivity contribution in [2.24, 2.45) is 17.3 Å². The monoisotopic (exact) mass is 275 g/mol. The van der Waals surface area contributed by atoms with Crippen LogP contribution in [0.15, 0.2) is 24.3 Å². The van der Waals surface area contributed by atoms with Gasteiger partial charge in [0.25, 0.3) is 0 Å². The number of nitrogens with one attached hydrogen (secondary N) is 1. The Bertz CT molecular complexity index is 387. The minimum atomic E-state index is 0.339. The third-order valence-corrected chi connectivity index (χ3v) is 4.55. The molecule has 0 aromatic heterocycles. The van der Waals surface area contributed by atoms with E-state index in [2.05, 4.69) is 78.0 Å². The minimum absolute atomic E-state index is 0.339. The van der Waals surface area contributed by atoms with Crippen LogP contribution in [0.4, 0.5) is 0 Å². The molecule has 1 unspecified atom stereocenters. The molecule has 0 radical (unpaired) electrons. The maximum Gasteiger partial charge on any atom is 0.0292 e. The van der Waals surface area contributed by atoms with Gasteiger partial charge in [0.05, 0.1) is 0 Å². The van der Waals surface area contributed by atoms with Crippen LogP contribution >= 0.6 is 0 Å². The molecule has 0 spiro atoms. The second-order valence-corrected chi connectivity index (χ2v) is 7.59. The van der Waals surface area contributed by atoms with Crippen molar-refractivity contribution in [3.05, 3.63) is 35.4 Å². The Hall–Kier alpha value is -0.820. The highest BCUT2D eigenvalue weighted by molar-refractivity contribution is 5.25. The largest absolute Gasteiger partial charge is 0.310 e. The van der Waals surface area contributed by atoms with Gasteiger partial charge in [-0.05, 0) is 41.7 Å². The summed E-state index contributed by atoms with van der Waals surface area (Å²) >= 11 is 0. The van der Waals surface area contributed by atoms with E-state index in [1.54, 1.807) is 0 Å². The molecule has 114 valence electrons. The summed E-state index contributed by atoms with van der Waals surface area (Å²) in [7, 11) is 0. The van der Waals surface area contributed by atoms with Crippen LogP contribution < -0.4 is 5.32 Å². The van der Waals surface area contributed by atoms with Gasteiger partial charge in [-0.2, -0.15) is 0 Å². The van der Waals surface area contributed by atoms with Gasteiger partial charge in [0.2, 0.25) is 0 Å². The molecule has 1 aromatic carbocycles. The Balaban J connectivity index is 2.57. The van der Waals surface area contributed by atoms with Crippen LogP contribution in [0.1, 0.15) is 65.6 Å². The van der Waals surface area contributed by atoms with E-state index in [4.69, 9.17) is 0 Å². The summed E-state index contributed by atoms with van der Waals surface area (Å²) in [5, 5.41) is 3.68. The third-order valence-electron chi connectivity index (χ3n) is 4.55. The summed E-state index contributed by atoms with van der Waals surface area (Å²) in [5.41, 5.74) is 3.17. The molecule has 0 saturated carbocycles. The molecule has 0 bridgehead atoms. The van der Waals surface area contributed by atoms with Crippen LogP contribution in [-0.4, -0.2) is 6.54 Å². The molecule has 1 heteroatoms. The lowest BCUT2D eigenvalue weighted by Gasteiger charge is -2.31. The average molecular weight is 275 g/mol. The van der Waals surface area contributed by atoms with Crippen molar-refractivity contribution >= 4 is 0 Å². The van der Waals surface area contributed by atoms with Crippen molar-refractivity contribution in [1.82, 2.24) is 5.32 Å². The molecule has 0 heterocycles. The number of rotatable bonds is 7. The average Bonchev–Trinajstić information content (AvgIpc) is 2.36. The highest BCUT2D eigenvalue weighted by Crippen LogP contribution is 2.26. The third kappa shape index (κ3) is 5.28. The summed E-state index contributed by atoms with van der Waals surface area (Å²) in [6.07, 6.45) is 1.17. The summed E-state index contributed by atoms with van der Waals surface area (Å²) in [5.74, 6) is 1.42. The second-order valence-electron chi connectivity index (χ2n) is 7.59. The minimum Gasteiger partial charge on any atom is -0.310 e. The zero-order valence-electron chi connectivity index (χ0n) is 14.5. The van der Waals surface area contributed by atoms with Crippen molar-refractivity contribution < 1.29 is 0 Å². The molecule has 1 N–H and O–H groups in total. The predicted octanol–water partition coefficient (Wildman–Crippen LogP) is 5.22. The van der Waals surface area contributed by atoms with Crippen molar-refractivity contribution in [3.63, 3.8) is 0 Å². The summed E-state index contributed by atoms with van der Waals surface area (Å²) in [6, 6.07) is 9.53. The molecule has 1 atom stereocenters. The molecule has 0 fully saturated rings. The molecule has 0 amide bonds. The Labute approximate surface area is 126 Å². The fourth-order valence-corrected chi connectivity index (χ4v) is 2.15. The van der Waals surface area contributed by atoms with E-state index in [1.807, 2.05) is 0 Å². The fourth-order valence-electron chi connectivity index (χ4n) is 2.15. The zero-order valence-corrected chi connectivity index (χ0v) is 14.5. The smallest absolute Gasteiger partial charge is 0.0292 e. The van der Waals surface area contributed by atoms with Crippen molar-refractivity contribution in [3.8, 4) is 0 Å². The van der Waals surface area contributed by atoms with Gasteiger partial charge in [0.1, 0.15) is 0 Å². The summed E-state index contributed by atoms with van der Waals surface area (Å²) < 4.78 is 0. The van der Waals surface area contributed by atoms with Crippen molar-refractivity contribution in [1.29, 1.82) is 0 Å².